The van der Waals surface area contributed by atoms with E-state index in [1.807, 2.05) is 0 Å². The highest BCUT2D eigenvalue weighted by molar-refractivity contribution is 9.09. The molecule has 1 nitrogen and oxygen atoms in total. The minimum atomic E-state index is 0.778. The fourth-order valence-electron chi connectivity index (χ4n) is 2.10. The lowest BCUT2D eigenvalue weighted by molar-refractivity contribution is 0.183. The van der Waals surface area contributed by atoms with Gasteiger partial charge in [-0.3, -0.25) is 0 Å². The Hall–Kier alpha value is 0.790. The predicted molar refractivity (Wildman–Crippen MR) is 61.7 cm³/mol. The van der Waals surface area contributed by atoms with E-state index in [0.29, 0.717) is 0 Å². The van der Waals surface area contributed by atoms with Crippen LogP contribution in [0, 0.1) is 11.8 Å². The van der Waals surface area contributed by atoms with Crippen LogP contribution in [0.3, 0.4) is 0 Å². The average molecular weight is 265 g/mol. The van der Waals surface area contributed by atoms with Gasteiger partial charge in [0.2, 0.25) is 0 Å². The summed E-state index contributed by atoms with van der Waals surface area (Å²) in [5.74, 6) is 4.46. The van der Waals surface area contributed by atoms with Crippen LogP contribution in [-0.2, 0) is 4.74 Å². The van der Waals surface area contributed by atoms with Gasteiger partial charge in [-0.2, -0.15) is 11.8 Å². The van der Waals surface area contributed by atoms with E-state index >= 15 is 0 Å². The molecule has 3 heteroatoms. The Balaban J connectivity index is 1.66. The first-order valence-electron chi connectivity index (χ1n) is 5.16. The van der Waals surface area contributed by atoms with Crippen LogP contribution >= 0.6 is 27.7 Å². The molecule has 0 N–H and O–H groups in total. The number of alkyl halides is 1. The summed E-state index contributed by atoms with van der Waals surface area (Å²) in [7, 11) is 0. The van der Waals surface area contributed by atoms with Gasteiger partial charge in [0.1, 0.15) is 0 Å². The number of thioether (sulfide) groups is 1. The van der Waals surface area contributed by atoms with Gasteiger partial charge in [-0.1, -0.05) is 15.9 Å². The van der Waals surface area contributed by atoms with Gasteiger partial charge < -0.3 is 4.74 Å². The van der Waals surface area contributed by atoms with Gasteiger partial charge in [-0.25, -0.2) is 0 Å². The fraction of sp³-hybridized carbons (Fsp3) is 1.00. The Labute approximate surface area is 93.1 Å². The van der Waals surface area contributed by atoms with E-state index in [9.17, 15) is 0 Å². The summed E-state index contributed by atoms with van der Waals surface area (Å²) < 4.78 is 5.38. The zero-order chi connectivity index (χ0) is 9.10. The maximum Gasteiger partial charge on any atom is 0.0495 e. The zero-order valence-corrected chi connectivity index (χ0v) is 10.3. The third-order valence-electron chi connectivity index (χ3n) is 3.09. The average Bonchev–Trinajstić information content (AvgIpc) is 2.72. The molecule has 2 rings (SSSR count). The van der Waals surface area contributed by atoms with Crippen LogP contribution in [-0.4, -0.2) is 29.5 Å². The van der Waals surface area contributed by atoms with Crippen molar-refractivity contribution in [1.82, 2.24) is 0 Å². The molecule has 2 heterocycles. The van der Waals surface area contributed by atoms with Gasteiger partial charge >= 0.3 is 0 Å². The second kappa shape index (κ2) is 5.04. The van der Waals surface area contributed by atoms with Crippen LogP contribution in [0.5, 0.6) is 0 Å². The Kier molecular flexibility index (Phi) is 3.99. The van der Waals surface area contributed by atoms with Crippen molar-refractivity contribution in [3.8, 4) is 0 Å². The number of halogens is 1. The van der Waals surface area contributed by atoms with Gasteiger partial charge in [-0.05, 0) is 36.9 Å². The molecule has 76 valence electrons. The highest BCUT2D eigenvalue weighted by atomic mass is 79.9. The lowest BCUT2D eigenvalue weighted by Crippen LogP contribution is -2.13. The first-order valence-corrected chi connectivity index (χ1v) is 7.23. The van der Waals surface area contributed by atoms with Crippen LogP contribution in [0.4, 0.5) is 0 Å². The summed E-state index contributed by atoms with van der Waals surface area (Å²) >= 11 is 5.86. The number of hydrogen-bond donors (Lipinski definition) is 0. The maximum absolute atomic E-state index is 5.38. The second-order valence-electron chi connectivity index (χ2n) is 4.12. The maximum atomic E-state index is 5.38. The molecule has 0 radical (unpaired) electrons. The van der Waals surface area contributed by atoms with Crippen molar-refractivity contribution in [2.45, 2.75) is 24.1 Å². The standard InChI is InChI=1S/C10H17BrOS/c11-10-7-13-6-9(10)2-1-8-3-4-12-5-8/h8-10H,1-7H2. The lowest BCUT2D eigenvalue weighted by Gasteiger charge is -2.14. The molecule has 0 amide bonds. The third kappa shape index (κ3) is 2.87. The summed E-state index contributed by atoms with van der Waals surface area (Å²) in [6.07, 6.45) is 4.08. The van der Waals surface area contributed by atoms with Crippen molar-refractivity contribution < 1.29 is 4.74 Å². The summed E-state index contributed by atoms with van der Waals surface area (Å²) in [5.41, 5.74) is 0. The molecule has 0 bridgehead atoms. The molecular weight excluding hydrogens is 248 g/mol. The van der Waals surface area contributed by atoms with Gasteiger partial charge in [0.25, 0.3) is 0 Å². The number of ether oxygens (including phenoxy) is 1. The van der Waals surface area contributed by atoms with E-state index < -0.39 is 0 Å². The second-order valence-corrected chi connectivity index (χ2v) is 6.37. The monoisotopic (exact) mass is 264 g/mol. The molecule has 2 aliphatic heterocycles. The normalized spacial score (nSPS) is 39.9. The van der Waals surface area contributed by atoms with E-state index in [4.69, 9.17) is 4.74 Å². The molecule has 2 fully saturated rings. The molecular formula is C10H17BrOS. The summed E-state index contributed by atoms with van der Waals surface area (Å²) in [6.45, 7) is 2.02. The van der Waals surface area contributed by atoms with Crippen molar-refractivity contribution in [2.24, 2.45) is 11.8 Å². The van der Waals surface area contributed by atoms with Gasteiger partial charge in [0, 0.05) is 23.8 Å². The van der Waals surface area contributed by atoms with Gasteiger partial charge in [0.05, 0.1) is 0 Å². The highest BCUT2D eigenvalue weighted by Crippen LogP contribution is 2.34. The smallest absolute Gasteiger partial charge is 0.0495 e. The quantitative estimate of drug-likeness (QED) is 0.726. The molecule has 0 aliphatic carbocycles. The molecule has 0 aromatic heterocycles. The Bertz CT molecular complexity index is 159. The van der Waals surface area contributed by atoms with Crippen LogP contribution < -0.4 is 0 Å². The van der Waals surface area contributed by atoms with Crippen LogP contribution in [0.25, 0.3) is 0 Å². The van der Waals surface area contributed by atoms with Crippen molar-refractivity contribution in [1.29, 1.82) is 0 Å². The summed E-state index contributed by atoms with van der Waals surface area (Å²) in [5, 5.41) is 0. The van der Waals surface area contributed by atoms with E-state index in [0.717, 1.165) is 29.9 Å². The molecule has 0 aromatic carbocycles. The van der Waals surface area contributed by atoms with Crippen molar-refractivity contribution >= 4 is 27.7 Å². The van der Waals surface area contributed by atoms with E-state index in [2.05, 4.69) is 27.7 Å². The first-order chi connectivity index (χ1) is 6.36. The Morgan fingerprint density at radius 2 is 2.23 bits per heavy atom. The van der Waals surface area contributed by atoms with Crippen LogP contribution in [0.2, 0.25) is 0 Å². The molecule has 0 saturated carbocycles. The first kappa shape index (κ1) is 10.3. The SMILES string of the molecule is BrC1CSCC1CCC1CCOC1. The summed E-state index contributed by atoms with van der Waals surface area (Å²) in [6, 6.07) is 0. The minimum absolute atomic E-state index is 0.778. The predicted octanol–water partition coefficient (Wildman–Crippen LogP) is 2.93. The molecule has 2 aliphatic rings. The van der Waals surface area contributed by atoms with E-state index in [1.165, 1.54) is 30.8 Å². The number of rotatable bonds is 3. The zero-order valence-electron chi connectivity index (χ0n) is 7.88. The van der Waals surface area contributed by atoms with Crippen LogP contribution in [0.15, 0.2) is 0 Å². The number of hydrogen-bond acceptors (Lipinski definition) is 2. The van der Waals surface area contributed by atoms with Crippen molar-refractivity contribution in [3.63, 3.8) is 0 Å². The topological polar surface area (TPSA) is 9.23 Å². The Morgan fingerprint density at radius 1 is 1.31 bits per heavy atom. The molecule has 0 spiro atoms. The van der Waals surface area contributed by atoms with Crippen molar-refractivity contribution in [2.75, 3.05) is 24.7 Å². The van der Waals surface area contributed by atoms with E-state index in [1.54, 1.807) is 0 Å². The molecule has 2 saturated heterocycles. The molecule has 3 unspecified atom stereocenters. The fourth-order valence-corrected chi connectivity index (χ4v) is 4.69. The summed E-state index contributed by atoms with van der Waals surface area (Å²) in [4.78, 5) is 0.778. The molecule has 0 aromatic rings. The minimum Gasteiger partial charge on any atom is -0.381 e. The largest absolute Gasteiger partial charge is 0.381 e. The third-order valence-corrected chi connectivity index (χ3v) is 5.85. The molecule has 13 heavy (non-hydrogen) atoms. The highest BCUT2D eigenvalue weighted by Gasteiger charge is 2.26. The van der Waals surface area contributed by atoms with Gasteiger partial charge in [-0.15, -0.1) is 0 Å². The Morgan fingerprint density at radius 3 is 2.85 bits per heavy atom. The lowest BCUT2D eigenvalue weighted by atomic mass is 9.95. The van der Waals surface area contributed by atoms with E-state index in [-0.39, 0.29) is 0 Å². The van der Waals surface area contributed by atoms with Crippen molar-refractivity contribution in [3.05, 3.63) is 0 Å². The molecule has 3 atom stereocenters. The van der Waals surface area contributed by atoms with Crippen LogP contribution in [0.1, 0.15) is 19.3 Å². The van der Waals surface area contributed by atoms with Gasteiger partial charge in [0.15, 0.2) is 0 Å².